The van der Waals surface area contributed by atoms with E-state index in [0.29, 0.717) is 22.5 Å². The minimum absolute atomic E-state index is 0.0668. The maximum absolute atomic E-state index is 13.3. The molecule has 0 aliphatic heterocycles. The molecule has 4 aromatic rings. The van der Waals surface area contributed by atoms with Crippen molar-refractivity contribution in [1.82, 2.24) is 10.3 Å². The first-order valence-electron chi connectivity index (χ1n) is 12.0. The smallest absolute Gasteiger partial charge is 0.272 e. The molecule has 0 saturated carbocycles. The molecular weight excluding hydrogens is 576 g/mol. The van der Waals surface area contributed by atoms with Crippen molar-refractivity contribution in [2.75, 3.05) is 10.6 Å². The molecule has 0 saturated heterocycles. The van der Waals surface area contributed by atoms with Gasteiger partial charge in [0.15, 0.2) is 0 Å². The third-order valence-electron chi connectivity index (χ3n) is 5.41. The molecule has 4 rings (SSSR count). The number of thioether (sulfide) groups is 1. The number of rotatable bonds is 9. The Morgan fingerprint density at radius 2 is 1.64 bits per heavy atom. The summed E-state index contributed by atoms with van der Waals surface area (Å²) in [7, 11) is 0. The Morgan fingerprint density at radius 3 is 2.36 bits per heavy atom. The largest absolute Gasteiger partial charge is 0.325 e. The second-order valence-electron chi connectivity index (χ2n) is 8.40. The Balaban J connectivity index is 1.45. The van der Waals surface area contributed by atoms with E-state index in [1.165, 1.54) is 11.8 Å². The molecule has 0 radical (unpaired) electrons. The van der Waals surface area contributed by atoms with Gasteiger partial charge in [-0.2, -0.15) is 0 Å². The number of hydrogen-bond donors (Lipinski definition) is 3. The number of amides is 3. The van der Waals surface area contributed by atoms with Crippen LogP contribution in [0.1, 0.15) is 22.8 Å². The summed E-state index contributed by atoms with van der Waals surface area (Å²) in [4.78, 5) is 43.6. The van der Waals surface area contributed by atoms with Crippen molar-refractivity contribution >= 4 is 62.9 Å². The number of halogens is 1. The zero-order valence-electron chi connectivity index (χ0n) is 20.9. The fourth-order valence-electron chi connectivity index (χ4n) is 3.45. The maximum Gasteiger partial charge on any atom is 0.272 e. The van der Waals surface area contributed by atoms with Gasteiger partial charge in [0.05, 0.1) is 5.25 Å². The van der Waals surface area contributed by atoms with Gasteiger partial charge in [0.1, 0.15) is 5.70 Å². The molecule has 0 bridgehead atoms. The van der Waals surface area contributed by atoms with Crippen molar-refractivity contribution < 1.29 is 14.4 Å². The summed E-state index contributed by atoms with van der Waals surface area (Å²) in [5.74, 6) is -1.04. The van der Waals surface area contributed by atoms with Gasteiger partial charge in [-0.05, 0) is 79.2 Å². The molecular formula is C30H25BrN4O3S. The Kier molecular flexibility index (Phi) is 9.66. The summed E-state index contributed by atoms with van der Waals surface area (Å²) in [6.45, 7) is 1.82. The molecule has 7 nitrogen and oxygen atoms in total. The Morgan fingerprint density at radius 1 is 0.872 bits per heavy atom. The summed E-state index contributed by atoms with van der Waals surface area (Å²) in [6, 6.07) is 26.7. The first-order chi connectivity index (χ1) is 18.9. The monoisotopic (exact) mass is 600 g/mol. The van der Waals surface area contributed by atoms with Crippen LogP contribution in [0.2, 0.25) is 0 Å². The fraction of sp³-hybridized carbons (Fsp3) is 0.0667. The van der Waals surface area contributed by atoms with Crippen LogP contribution in [-0.4, -0.2) is 28.0 Å². The summed E-state index contributed by atoms with van der Waals surface area (Å²) in [5, 5.41) is 8.08. The average molecular weight is 602 g/mol. The molecule has 1 unspecified atom stereocenters. The van der Waals surface area contributed by atoms with E-state index in [4.69, 9.17) is 0 Å². The highest BCUT2D eigenvalue weighted by atomic mass is 79.9. The van der Waals surface area contributed by atoms with Crippen LogP contribution in [-0.2, 0) is 9.59 Å². The van der Waals surface area contributed by atoms with Crippen LogP contribution in [0.5, 0.6) is 0 Å². The Hall–Kier alpha value is -4.21. The minimum atomic E-state index is -0.494. The predicted molar refractivity (Wildman–Crippen MR) is 159 cm³/mol. The molecule has 0 spiro atoms. The Labute approximate surface area is 239 Å². The highest BCUT2D eigenvalue weighted by molar-refractivity contribution is 9.10. The van der Waals surface area contributed by atoms with Gasteiger partial charge in [-0.1, -0.05) is 46.3 Å². The molecule has 196 valence electrons. The number of hydrogen-bond acceptors (Lipinski definition) is 5. The SMILES string of the molecule is CC(Sc1cccc(NC(=O)/C(=C/c2cccnc2)NC(=O)c2ccccc2)c1)C(=O)Nc1ccc(Br)cc1. The van der Waals surface area contributed by atoms with Gasteiger partial charge in [-0.15, -0.1) is 11.8 Å². The van der Waals surface area contributed by atoms with Crippen LogP contribution in [0.3, 0.4) is 0 Å². The molecule has 39 heavy (non-hydrogen) atoms. The fourth-order valence-corrected chi connectivity index (χ4v) is 4.64. The van der Waals surface area contributed by atoms with Crippen LogP contribution in [0.4, 0.5) is 11.4 Å². The summed E-state index contributed by atoms with van der Waals surface area (Å²) in [5.41, 5.74) is 2.39. The van der Waals surface area contributed by atoms with Crippen molar-refractivity contribution in [3.8, 4) is 0 Å². The van der Waals surface area contributed by atoms with Gasteiger partial charge in [0.2, 0.25) is 5.91 Å². The molecule has 3 amide bonds. The number of benzene rings is 3. The molecule has 3 aromatic carbocycles. The molecule has 0 aliphatic rings. The lowest BCUT2D eigenvalue weighted by molar-refractivity contribution is -0.115. The van der Waals surface area contributed by atoms with Crippen molar-refractivity contribution in [1.29, 1.82) is 0 Å². The number of nitrogens with one attached hydrogen (secondary N) is 3. The lowest BCUT2D eigenvalue weighted by Gasteiger charge is -2.14. The molecule has 1 atom stereocenters. The van der Waals surface area contributed by atoms with Crippen molar-refractivity contribution in [2.45, 2.75) is 17.1 Å². The van der Waals surface area contributed by atoms with Crippen molar-refractivity contribution in [2.24, 2.45) is 0 Å². The molecule has 0 fully saturated rings. The molecule has 1 aromatic heterocycles. The van der Waals surface area contributed by atoms with Crippen molar-refractivity contribution in [3.05, 3.63) is 125 Å². The normalized spacial score (nSPS) is 11.8. The second kappa shape index (κ2) is 13.5. The van der Waals surface area contributed by atoms with E-state index >= 15 is 0 Å². The van der Waals surface area contributed by atoms with E-state index in [2.05, 4.69) is 36.9 Å². The number of nitrogens with zero attached hydrogens (tertiary/aromatic N) is 1. The summed E-state index contributed by atoms with van der Waals surface area (Å²) in [6.07, 6.45) is 4.79. The first-order valence-corrected chi connectivity index (χ1v) is 13.7. The quantitative estimate of drug-likeness (QED) is 0.153. The van der Waals surface area contributed by atoms with Crippen LogP contribution in [0.15, 0.2) is 118 Å². The summed E-state index contributed by atoms with van der Waals surface area (Å²) < 4.78 is 0.930. The van der Waals surface area contributed by atoms with Crippen LogP contribution >= 0.6 is 27.7 Å². The second-order valence-corrected chi connectivity index (χ2v) is 10.7. The highest BCUT2D eigenvalue weighted by Crippen LogP contribution is 2.27. The first kappa shape index (κ1) is 27.8. The van der Waals surface area contributed by atoms with Gasteiger partial charge in [0.25, 0.3) is 11.8 Å². The van der Waals surface area contributed by atoms with E-state index in [9.17, 15) is 14.4 Å². The van der Waals surface area contributed by atoms with Gasteiger partial charge < -0.3 is 16.0 Å². The van der Waals surface area contributed by atoms with Gasteiger partial charge in [-0.3, -0.25) is 19.4 Å². The third kappa shape index (κ3) is 8.39. The number of carbonyl (C=O) groups excluding carboxylic acids is 3. The van der Waals surface area contributed by atoms with Gasteiger partial charge in [0, 0.05) is 38.7 Å². The number of anilines is 2. The predicted octanol–water partition coefficient (Wildman–Crippen LogP) is 6.37. The van der Waals surface area contributed by atoms with E-state index < -0.39 is 11.8 Å². The maximum atomic E-state index is 13.3. The number of pyridine rings is 1. The van der Waals surface area contributed by atoms with E-state index in [1.54, 1.807) is 73.1 Å². The van der Waals surface area contributed by atoms with E-state index in [-0.39, 0.29) is 16.9 Å². The molecule has 1 heterocycles. The van der Waals surface area contributed by atoms with E-state index in [1.807, 2.05) is 43.3 Å². The summed E-state index contributed by atoms with van der Waals surface area (Å²) >= 11 is 4.75. The molecule has 3 N–H and O–H groups in total. The van der Waals surface area contributed by atoms with Crippen LogP contribution < -0.4 is 16.0 Å². The third-order valence-corrected chi connectivity index (χ3v) is 7.03. The number of carbonyl (C=O) groups is 3. The van der Waals surface area contributed by atoms with Gasteiger partial charge in [-0.25, -0.2) is 0 Å². The highest BCUT2D eigenvalue weighted by Gasteiger charge is 2.17. The minimum Gasteiger partial charge on any atom is -0.325 e. The average Bonchev–Trinajstić information content (AvgIpc) is 2.95. The zero-order valence-corrected chi connectivity index (χ0v) is 23.3. The lowest BCUT2D eigenvalue weighted by Crippen LogP contribution is -2.30. The Bertz CT molecular complexity index is 1480. The molecule has 0 aliphatic carbocycles. The van der Waals surface area contributed by atoms with Crippen molar-refractivity contribution in [3.63, 3.8) is 0 Å². The lowest BCUT2D eigenvalue weighted by atomic mass is 10.2. The topological polar surface area (TPSA) is 100 Å². The van der Waals surface area contributed by atoms with Crippen LogP contribution in [0.25, 0.3) is 6.08 Å². The standard InChI is InChI=1S/C30H25BrN4O3S/c1-20(28(36)33-24-14-12-23(31)13-15-24)39-26-11-5-10-25(18-26)34-30(38)27(17-21-7-6-16-32-19-21)35-29(37)22-8-3-2-4-9-22/h2-20H,1H3,(H,33,36)(H,34,38)(H,35,37)/b27-17-. The number of aromatic nitrogens is 1. The van der Waals surface area contributed by atoms with Crippen LogP contribution in [0, 0.1) is 0 Å². The zero-order chi connectivity index (χ0) is 27.6. The van der Waals surface area contributed by atoms with Gasteiger partial charge >= 0.3 is 0 Å². The van der Waals surface area contributed by atoms with E-state index in [0.717, 1.165) is 9.37 Å². The molecule has 9 heteroatoms.